The molecule has 0 aliphatic carbocycles. The Morgan fingerprint density at radius 3 is 2.59 bits per heavy atom. The third-order valence-electron chi connectivity index (χ3n) is 2.86. The van der Waals surface area contributed by atoms with Gasteiger partial charge in [0, 0.05) is 17.8 Å². The Bertz CT molecular complexity index is 366. The number of aromatic nitrogens is 1. The van der Waals surface area contributed by atoms with Gasteiger partial charge in [0.25, 0.3) is 0 Å². The molecule has 1 aromatic heterocycles. The Labute approximate surface area is 105 Å². The van der Waals surface area contributed by atoms with E-state index < -0.39 is 0 Å². The number of nitrogens with one attached hydrogen (secondary N) is 1. The van der Waals surface area contributed by atoms with Crippen LogP contribution in [0, 0.1) is 12.3 Å². The van der Waals surface area contributed by atoms with Crippen molar-refractivity contribution in [1.82, 2.24) is 10.3 Å². The summed E-state index contributed by atoms with van der Waals surface area (Å²) in [6.45, 7) is 11.9. The summed E-state index contributed by atoms with van der Waals surface area (Å²) in [6.07, 6.45) is 2.93. The molecule has 0 aliphatic heterocycles. The average Bonchev–Trinajstić information content (AvgIpc) is 2.21. The highest BCUT2D eigenvalue weighted by Crippen LogP contribution is 2.35. The lowest BCUT2D eigenvalue weighted by atomic mass is 9.82. The monoisotopic (exact) mass is 235 g/mol. The van der Waals surface area contributed by atoms with Gasteiger partial charge in [-0.2, -0.15) is 0 Å². The van der Waals surface area contributed by atoms with Crippen LogP contribution >= 0.6 is 0 Å². The van der Waals surface area contributed by atoms with Crippen molar-refractivity contribution in [1.29, 1.82) is 0 Å². The molecule has 0 radical (unpaired) electrons. The van der Waals surface area contributed by atoms with Crippen LogP contribution in [0.5, 0.6) is 0 Å². The van der Waals surface area contributed by atoms with Gasteiger partial charge in [0.2, 0.25) is 0 Å². The van der Waals surface area contributed by atoms with Crippen molar-refractivity contribution in [2.24, 2.45) is 5.41 Å². The van der Waals surface area contributed by atoms with E-state index in [-0.39, 0.29) is 11.5 Å². The van der Waals surface area contributed by atoms with Gasteiger partial charge in [0.15, 0.2) is 0 Å². The predicted molar refractivity (Wildman–Crippen MR) is 73.9 cm³/mol. The van der Waals surface area contributed by atoms with Gasteiger partial charge >= 0.3 is 0 Å². The number of rotatable bonds is 4. The smallest absolute Gasteiger partial charge is 0.128 e. The molecule has 1 heterocycles. The minimum Gasteiger partial charge on any atom is -0.383 e. The fourth-order valence-electron chi connectivity index (χ4n) is 2.00. The number of nitrogens with zero attached hydrogens (tertiary/aromatic N) is 1. The highest BCUT2D eigenvalue weighted by Gasteiger charge is 2.27. The van der Waals surface area contributed by atoms with Crippen LogP contribution in [-0.2, 0) is 0 Å². The number of aryl methyl sites for hydroxylation is 1. The van der Waals surface area contributed by atoms with Crippen LogP contribution in [-0.4, -0.2) is 11.5 Å². The van der Waals surface area contributed by atoms with Crippen LogP contribution in [0.25, 0.3) is 0 Å². The molecule has 17 heavy (non-hydrogen) atoms. The Hall–Kier alpha value is -1.09. The summed E-state index contributed by atoms with van der Waals surface area (Å²) in [7, 11) is 0. The molecular weight excluding hydrogens is 210 g/mol. The Morgan fingerprint density at radius 2 is 2.06 bits per heavy atom. The number of anilines is 1. The van der Waals surface area contributed by atoms with Crippen molar-refractivity contribution >= 4 is 5.82 Å². The Morgan fingerprint density at radius 1 is 1.41 bits per heavy atom. The van der Waals surface area contributed by atoms with Gasteiger partial charge in [-0.25, -0.2) is 4.98 Å². The molecule has 1 unspecified atom stereocenters. The van der Waals surface area contributed by atoms with Crippen LogP contribution in [0.2, 0.25) is 0 Å². The van der Waals surface area contributed by atoms with Crippen LogP contribution in [0.4, 0.5) is 5.82 Å². The fraction of sp³-hybridized carbons (Fsp3) is 0.643. The molecular formula is C14H25N3. The number of hydrogen-bond acceptors (Lipinski definition) is 3. The van der Waals surface area contributed by atoms with Crippen molar-refractivity contribution in [2.75, 3.05) is 12.3 Å². The summed E-state index contributed by atoms with van der Waals surface area (Å²) in [5, 5.41) is 3.57. The van der Waals surface area contributed by atoms with Crippen molar-refractivity contribution < 1.29 is 0 Å². The maximum atomic E-state index is 6.01. The topological polar surface area (TPSA) is 50.9 Å². The van der Waals surface area contributed by atoms with Gasteiger partial charge < -0.3 is 11.1 Å². The van der Waals surface area contributed by atoms with Gasteiger partial charge in [0.1, 0.15) is 5.82 Å². The molecule has 0 spiro atoms. The molecule has 0 amide bonds. The highest BCUT2D eigenvalue weighted by molar-refractivity contribution is 5.43. The molecule has 0 saturated carbocycles. The zero-order valence-corrected chi connectivity index (χ0v) is 11.7. The van der Waals surface area contributed by atoms with Gasteiger partial charge in [-0.15, -0.1) is 0 Å². The van der Waals surface area contributed by atoms with Crippen molar-refractivity contribution in [3.8, 4) is 0 Å². The molecule has 0 aromatic carbocycles. The second kappa shape index (κ2) is 5.50. The average molecular weight is 235 g/mol. The third-order valence-corrected chi connectivity index (χ3v) is 2.86. The van der Waals surface area contributed by atoms with Crippen molar-refractivity contribution in [3.63, 3.8) is 0 Å². The molecule has 0 aliphatic rings. The molecule has 0 saturated heterocycles. The number of nitrogens with two attached hydrogens (primary N) is 1. The summed E-state index contributed by atoms with van der Waals surface area (Å²) in [5.41, 5.74) is 8.40. The molecule has 1 rings (SSSR count). The zero-order valence-electron chi connectivity index (χ0n) is 11.7. The van der Waals surface area contributed by atoms with Crippen molar-refractivity contribution in [3.05, 3.63) is 23.4 Å². The molecule has 0 fully saturated rings. The molecule has 0 bridgehead atoms. The molecule has 3 nitrogen and oxygen atoms in total. The Balaban J connectivity index is 3.08. The highest BCUT2D eigenvalue weighted by atomic mass is 14.9. The van der Waals surface area contributed by atoms with E-state index in [0.717, 1.165) is 24.1 Å². The minimum absolute atomic E-state index is 0.124. The predicted octanol–water partition coefficient (Wildman–Crippen LogP) is 3.06. The largest absolute Gasteiger partial charge is 0.383 e. The van der Waals surface area contributed by atoms with E-state index >= 15 is 0 Å². The summed E-state index contributed by atoms with van der Waals surface area (Å²) in [4.78, 5) is 4.26. The van der Waals surface area contributed by atoms with Crippen molar-refractivity contribution in [2.45, 2.75) is 47.1 Å². The standard InChI is InChI=1S/C14H25N3/c1-6-7-16-12(14(3,4)5)11-8-10(2)9-17-13(11)15/h8-9,12,16H,6-7H2,1-5H3,(H2,15,17). The lowest BCUT2D eigenvalue weighted by Crippen LogP contribution is -2.33. The molecule has 3 heteroatoms. The first-order chi connectivity index (χ1) is 7.86. The van der Waals surface area contributed by atoms with Crippen LogP contribution in [0.15, 0.2) is 12.3 Å². The Kier molecular flexibility index (Phi) is 4.52. The van der Waals surface area contributed by atoms with E-state index in [4.69, 9.17) is 5.73 Å². The van der Waals surface area contributed by atoms with E-state index in [1.54, 1.807) is 0 Å². The number of pyridine rings is 1. The summed E-state index contributed by atoms with van der Waals surface area (Å²) in [5.74, 6) is 0.638. The summed E-state index contributed by atoms with van der Waals surface area (Å²) in [6, 6.07) is 2.39. The normalized spacial score (nSPS) is 13.7. The van der Waals surface area contributed by atoms with E-state index in [0.29, 0.717) is 5.82 Å². The fourth-order valence-corrected chi connectivity index (χ4v) is 2.00. The maximum Gasteiger partial charge on any atom is 0.128 e. The minimum atomic E-state index is 0.124. The van der Waals surface area contributed by atoms with Crippen LogP contribution in [0.3, 0.4) is 0 Å². The first-order valence-electron chi connectivity index (χ1n) is 6.31. The van der Waals surface area contributed by atoms with Gasteiger partial charge in [-0.05, 0) is 36.9 Å². The lowest BCUT2D eigenvalue weighted by molar-refractivity contribution is 0.273. The molecule has 1 atom stereocenters. The van der Waals surface area contributed by atoms with Crippen LogP contribution in [0.1, 0.15) is 51.3 Å². The second-order valence-electron chi connectivity index (χ2n) is 5.74. The number of nitrogen functional groups attached to an aromatic ring is 1. The first kappa shape index (κ1) is 14.0. The summed E-state index contributed by atoms with van der Waals surface area (Å²) >= 11 is 0. The third kappa shape index (κ3) is 3.70. The van der Waals surface area contributed by atoms with E-state index in [2.05, 4.69) is 51.0 Å². The lowest BCUT2D eigenvalue weighted by Gasteiger charge is -2.32. The first-order valence-corrected chi connectivity index (χ1v) is 6.31. The van der Waals surface area contributed by atoms with Crippen LogP contribution < -0.4 is 11.1 Å². The van der Waals surface area contributed by atoms with E-state index in [1.807, 2.05) is 6.20 Å². The van der Waals surface area contributed by atoms with E-state index in [9.17, 15) is 0 Å². The molecule has 1 aromatic rings. The summed E-state index contributed by atoms with van der Waals surface area (Å²) < 4.78 is 0. The maximum absolute atomic E-state index is 6.01. The van der Waals surface area contributed by atoms with Gasteiger partial charge in [-0.1, -0.05) is 27.7 Å². The number of hydrogen-bond donors (Lipinski definition) is 2. The molecule has 96 valence electrons. The zero-order chi connectivity index (χ0) is 13.1. The van der Waals surface area contributed by atoms with Gasteiger partial charge in [0.05, 0.1) is 0 Å². The molecule has 3 N–H and O–H groups in total. The van der Waals surface area contributed by atoms with E-state index in [1.165, 1.54) is 0 Å². The quantitative estimate of drug-likeness (QED) is 0.843. The second-order valence-corrected chi connectivity index (χ2v) is 5.74. The SMILES string of the molecule is CCCNC(c1cc(C)cnc1N)C(C)(C)C. The van der Waals surface area contributed by atoms with Gasteiger partial charge in [-0.3, -0.25) is 0 Å².